The Morgan fingerprint density at radius 2 is 2.18 bits per heavy atom. The molecular formula is C11H13ClN2O3. The molecule has 1 aromatic heterocycles. The highest BCUT2D eigenvalue weighted by atomic mass is 35.5. The molecule has 0 bridgehead atoms. The fourth-order valence-electron chi connectivity index (χ4n) is 1.29. The van der Waals surface area contributed by atoms with E-state index >= 15 is 0 Å². The summed E-state index contributed by atoms with van der Waals surface area (Å²) in [6.07, 6.45) is 1.60. The van der Waals surface area contributed by atoms with Crippen LogP contribution in [0.25, 0.3) is 0 Å². The number of carboxylic acid groups (broad SMARTS) is 1. The van der Waals surface area contributed by atoms with E-state index in [0.717, 1.165) is 0 Å². The van der Waals surface area contributed by atoms with Gasteiger partial charge >= 0.3 is 5.97 Å². The zero-order valence-corrected chi connectivity index (χ0v) is 10.1. The van der Waals surface area contributed by atoms with Crippen LogP contribution in [0, 0.1) is 0 Å². The molecule has 92 valence electrons. The zero-order chi connectivity index (χ0) is 12.8. The Kier molecular flexibility index (Phi) is 4.90. The number of pyridine rings is 1. The van der Waals surface area contributed by atoms with E-state index in [4.69, 9.17) is 16.7 Å². The number of aliphatic carboxylic acids is 1. The molecule has 0 aromatic carbocycles. The number of aromatic nitrogens is 1. The first-order valence-corrected chi connectivity index (χ1v) is 5.56. The molecule has 0 fully saturated rings. The van der Waals surface area contributed by atoms with Crippen LogP contribution >= 0.6 is 11.6 Å². The SMILES string of the molecule is CCC(=O)N(CCC(=O)O)c1ccc(Cl)cn1. The van der Waals surface area contributed by atoms with Crippen molar-refractivity contribution in [2.75, 3.05) is 11.4 Å². The molecule has 6 heteroatoms. The molecule has 1 aromatic rings. The van der Waals surface area contributed by atoms with Gasteiger partial charge in [-0.25, -0.2) is 4.98 Å². The van der Waals surface area contributed by atoms with Crippen molar-refractivity contribution in [3.8, 4) is 0 Å². The summed E-state index contributed by atoms with van der Waals surface area (Å²) in [5.74, 6) is -0.698. The maximum Gasteiger partial charge on any atom is 0.305 e. The third kappa shape index (κ3) is 4.03. The predicted octanol–water partition coefficient (Wildman–Crippen LogP) is 1.95. The number of nitrogens with zero attached hydrogens (tertiary/aromatic N) is 2. The van der Waals surface area contributed by atoms with Gasteiger partial charge in [-0.15, -0.1) is 0 Å². The second-order valence-electron chi connectivity index (χ2n) is 3.38. The van der Waals surface area contributed by atoms with Gasteiger partial charge in [-0.1, -0.05) is 18.5 Å². The summed E-state index contributed by atoms with van der Waals surface area (Å²) in [6, 6.07) is 3.21. The number of halogens is 1. The molecule has 1 N–H and O–H groups in total. The Morgan fingerprint density at radius 3 is 2.65 bits per heavy atom. The summed E-state index contributed by atoms with van der Waals surface area (Å²) in [4.78, 5) is 27.5. The topological polar surface area (TPSA) is 70.5 Å². The molecule has 0 atom stereocenters. The van der Waals surface area contributed by atoms with Gasteiger partial charge < -0.3 is 5.11 Å². The van der Waals surface area contributed by atoms with Gasteiger partial charge in [-0.05, 0) is 12.1 Å². The van der Waals surface area contributed by atoms with E-state index in [0.29, 0.717) is 17.3 Å². The van der Waals surface area contributed by atoms with Crippen LogP contribution < -0.4 is 4.90 Å². The van der Waals surface area contributed by atoms with Crippen LogP contribution in [0.4, 0.5) is 5.82 Å². The molecule has 0 radical (unpaired) electrons. The largest absolute Gasteiger partial charge is 0.481 e. The highest BCUT2D eigenvalue weighted by Gasteiger charge is 2.16. The first-order chi connectivity index (χ1) is 8.04. The van der Waals surface area contributed by atoms with Gasteiger partial charge in [0.05, 0.1) is 11.4 Å². The molecule has 0 saturated heterocycles. The number of hydrogen-bond donors (Lipinski definition) is 1. The number of carboxylic acids is 1. The number of anilines is 1. The third-order valence-electron chi connectivity index (χ3n) is 2.14. The molecule has 17 heavy (non-hydrogen) atoms. The molecule has 0 unspecified atom stereocenters. The first-order valence-electron chi connectivity index (χ1n) is 5.18. The molecule has 1 rings (SSSR count). The van der Waals surface area contributed by atoms with Gasteiger partial charge in [0.25, 0.3) is 0 Å². The maximum atomic E-state index is 11.7. The van der Waals surface area contributed by atoms with Gasteiger partial charge in [0.2, 0.25) is 5.91 Å². The Balaban J connectivity index is 2.85. The fourth-order valence-corrected chi connectivity index (χ4v) is 1.40. The van der Waals surface area contributed by atoms with Crippen LogP contribution in [-0.4, -0.2) is 28.5 Å². The summed E-state index contributed by atoms with van der Waals surface area (Å²) in [7, 11) is 0. The normalized spacial score (nSPS) is 10.0. The van der Waals surface area contributed by atoms with Gasteiger partial charge in [0.1, 0.15) is 5.82 Å². The highest BCUT2D eigenvalue weighted by molar-refractivity contribution is 6.30. The summed E-state index contributed by atoms with van der Waals surface area (Å²) >= 11 is 5.70. The van der Waals surface area contributed by atoms with E-state index in [1.165, 1.54) is 11.1 Å². The second-order valence-corrected chi connectivity index (χ2v) is 3.81. The maximum absolute atomic E-state index is 11.7. The summed E-state index contributed by atoms with van der Waals surface area (Å²) < 4.78 is 0. The van der Waals surface area contributed by atoms with Crippen molar-refractivity contribution in [3.05, 3.63) is 23.4 Å². The smallest absolute Gasteiger partial charge is 0.305 e. The van der Waals surface area contributed by atoms with Crippen LogP contribution in [0.3, 0.4) is 0 Å². The van der Waals surface area contributed by atoms with Crippen molar-refractivity contribution >= 4 is 29.3 Å². The van der Waals surface area contributed by atoms with Crippen LogP contribution in [0.1, 0.15) is 19.8 Å². The summed E-state index contributed by atoms with van der Waals surface area (Å²) in [5, 5.41) is 9.10. The Labute approximate surface area is 104 Å². The van der Waals surface area contributed by atoms with Gasteiger partial charge in [-0.3, -0.25) is 14.5 Å². The van der Waals surface area contributed by atoms with E-state index in [-0.39, 0.29) is 18.9 Å². The number of carbonyl (C=O) groups is 2. The molecule has 5 nitrogen and oxygen atoms in total. The van der Waals surface area contributed by atoms with E-state index < -0.39 is 5.97 Å². The second kappa shape index (κ2) is 6.20. The minimum absolute atomic E-state index is 0.108. The van der Waals surface area contributed by atoms with E-state index in [9.17, 15) is 9.59 Å². The number of rotatable bonds is 5. The van der Waals surface area contributed by atoms with Crippen LogP contribution in [0.5, 0.6) is 0 Å². The van der Waals surface area contributed by atoms with Crippen LogP contribution in [0.2, 0.25) is 5.02 Å². The predicted molar refractivity (Wildman–Crippen MR) is 64.1 cm³/mol. The molecule has 0 saturated carbocycles. The molecular weight excluding hydrogens is 244 g/mol. The van der Waals surface area contributed by atoms with Crippen molar-refractivity contribution < 1.29 is 14.7 Å². The van der Waals surface area contributed by atoms with Gasteiger partial charge in [0, 0.05) is 19.2 Å². The van der Waals surface area contributed by atoms with Crippen LogP contribution in [0.15, 0.2) is 18.3 Å². The Morgan fingerprint density at radius 1 is 1.47 bits per heavy atom. The Bertz CT molecular complexity index is 406. The molecule has 1 amide bonds. The lowest BCUT2D eigenvalue weighted by Crippen LogP contribution is -2.33. The van der Waals surface area contributed by atoms with Crippen molar-refractivity contribution in [1.82, 2.24) is 4.98 Å². The van der Waals surface area contributed by atoms with E-state index in [1.807, 2.05) is 0 Å². The van der Waals surface area contributed by atoms with Gasteiger partial charge in [-0.2, -0.15) is 0 Å². The minimum atomic E-state index is -0.951. The zero-order valence-electron chi connectivity index (χ0n) is 9.39. The monoisotopic (exact) mass is 256 g/mol. The van der Waals surface area contributed by atoms with Crippen molar-refractivity contribution in [3.63, 3.8) is 0 Å². The van der Waals surface area contributed by atoms with Crippen LogP contribution in [-0.2, 0) is 9.59 Å². The third-order valence-corrected chi connectivity index (χ3v) is 2.36. The molecule has 0 spiro atoms. The Hall–Kier alpha value is -1.62. The average molecular weight is 257 g/mol. The lowest BCUT2D eigenvalue weighted by molar-refractivity contribution is -0.136. The molecule has 0 aliphatic heterocycles. The molecule has 0 aliphatic carbocycles. The highest BCUT2D eigenvalue weighted by Crippen LogP contribution is 2.15. The van der Waals surface area contributed by atoms with E-state index in [1.54, 1.807) is 19.1 Å². The lowest BCUT2D eigenvalue weighted by atomic mass is 10.3. The minimum Gasteiger partial charge on any atom is -0.481 e. The first kappa shape index (κ1) is 13.4. The van der Waals surface area contributed by atoms with Crippen molar-refractivity contribution in [1.29, 1.82) is 0 Å². The summed E-state index contributed by atoms with van der Waals surface area (Å²) in [5.41, 5.74) is 0. The lowest BCUT2D eigenvalue weighted by Gasteiger charge is -2.20. The standard InChI is InChI=1S/C11H13ClN2O3/c1-2-10(15)14(6-5-11(16)17)9-4-3-8(12)7-13-9/h3-4,7H,2,5-6H2,1H3,(H,16,17). The number of amides is 1. The van der Waals surface area contributed by atoms with E-state index in [2.05, 4.69) is 4.98 Å². The summed E-state index contributed by atoms with van der Waals surface area (Å²) in [6.45, 7) is 1.82. The quantitative estimate of drug-likeness (QED) is 0.874. The molecule has 0 aliphatic rings. The van der Waals surface area contributed by atoms with Crippen molar-refractivity contribution in [2.45, 2.75) is 19.8 Å². The fraction of sp³-hybridized carbons (Fsp3) is 0.364. The molecule has 1 heterocycles. The number of hydrogen-bond acceptors (Lipinski definition) is 3. The average Bonchev–Trinajstić information content (AvgIpc) is 2.30. The van der Waals surface area contributed by atoms with Crippen molar-refractivity contribution in [2.24, 2.45) is 0 Å². The van der Waals surface area contributed by atoms with Gasteiger partial charge in [0.15, 0.2) is 0 Å². The number of carbonyl (C=O) groups excluding carboxylic acids is 1.